The lowest BCUT2D eigenvalue weighted by atomic mass is 9.85. The average Bonchev–Trinajstić information content (AvgIpc) is 2.45. The first-order valence-electron chi connectivity index (χ1n) is 6.58. The summed E-state index contributed by atoms with van der Waals surface area (Å²) in [5.41, 5.74) is 2.09. The quantitative estimate of drug-likeness (QED) is 0.799. The summed E-state index contributed by atoms with van der Waals surface area (Å²) in [4.78, 5) is 16.4. The summed E-state index contributed by atoms with van der Waals surface area (Å²) in [6.07, 6.45) is 1.62. The third-order valence-electron chi connectivity index (χ3n) is 3.17. The van der Waals surface area contributed by atoms with E-state index in [1.807, 2.05) is 12.1 Å². The van der Waals surface area contributed by atoms with Crippen LogP contribution in [0.15, 0.2) is 42.6 Å². The molecule has 0 aliphatic heterocycles. The number of ketones is 1. The predicted octanol–water partition coefficient (Wildman–Crippen LogP) is 3.62. The predicted molar refractivity (Wildman–Crippen MR) is 79.4 cm³/mol. The van der Waals surface area contributed by atoms with Crippen molar-refractivity contribution in [3.05, 3.63) is 59.4 Å². The van der Waals surface area contributed by atoms with Gasteiger partial charge in [-0.05, 0) is 29.2 Å². The molecule has 0 unspecified atom stereocenters. The van der Waals surface area contributed by atoms with Crippen LogP contribution in [-0.4, -0.2) is 17.9 Å². The second-order valence-corrected chi connectivity index (χ2v) is 5.71. The van der Waals surface area contributed by atoms with Crippen molar-refractivity contribution in [3.8, 4) is 5.75 Å². The molecule has 2 rings (SSSR count). The molecule has 20 heavy (non-hydrogen) atoms. The molecule has 3 nitrogen and oxygen atoms in total. The summed E-state index contributed by atoms with van der Waals surface area (Å²) in [5, 5.41) is 0. The van der Waals surface area contributed by atoms with Crippen molar-refractivity contribution in [1.29, 1.82) is 0 Å². The molecule has 0 amide bonds. The van der Waals surface area contributed by atoms with E-state index < -0.39 is 0 Å². The minimum atomic E-state index is -0.0932. The lowest BCUT2D eigenvalue weighted by molar-refractivity contribution is 0.103. The zero-order valence-corrected chi connectivity index (χ0v) is 12.3. The van der Waals surface area contributed by atoms with Crippen LogP contribution in [0.2, 0.25) is 0 Å². The number of hydrogen-bond acceptors (Lipinski definition) is 3. The molecule has 104 valence electrons. The molecule has 0 atom stereocenters. The van der Waals surface area contributed by atoms with Gasteiger partial charge in [0.2, 0.25) is 5.78 Å². The maximum Gasteiger partial charge on any atom is 0.211 e. The molecular formula is C17H19NO2. The fourth-order valence-electron chi connectivity index (χ4n) is 2.10. The SMILES string of the molecule is COc1cc(C(=O)c2ccccn2)ccc1C(C)(C)C. The van der Waals surface area contributed by atoms with Gasteiger partial charge in [-0.15, -0.1) is 0 Å². The van der Waals surface area contributed by atoms with Crippen LogP contribution >= 0.6 is 0 Å². The number of rotatable bonds is 3. The van der Waals surface area contributed by atoms with Gasteiger partial charge in [-0.2, -0.15) is 0 Å². The van der Waals surface area contributed by atoms with Crippen molar-refractivity contribution in [2.45, 2.75) is 26.2 Å². The molecule has 0 spiro atoms. The van der Waals surface area contributed by atoms with E-state index in [9.17, 15) is 4.79 Å². The Labute approximate surface area is 119 Å². The minimum absolute atomic E-state index is 0.0298. The summed E-state index contributed by atoms with van der Waals surface area (Å²) in [6, 6.07) is 10.9. The van der Waals surface area contributed by atoms with Gasteiger partial charge in [0.25, 0.3) is 0 Å². The molecule has 1 aromatic heterocycles. The van der Waals surface area contributed by atoms with Crippen LogP contribution in [0.25, 0.3) is 0 Å². The molecule has 3 heteroatoms. The Kier molecular flexibility index (Phi) is 3.89. The van der Waals surface area contributed by atoms with Crippen LogP contribution in [0.1, 0.15) is 42.4 Å². The van der Waals surface area contributed by atoms with Gasteiger partial charge in [0.05, 0.1) is 7.11 Å². The number of nitrogens with zero attached hydrogens (tertiary/aromatic N) is 1. The van der Waals surface area contributed by atoms with E-state index in [4.69, 9.17) is 4.74 Å². The Morgan fingerprint density at radius 3 is 2.45 bits per heavy atom. The van der Waals surface area contributed by atoms with Gasteiger partial charge in [0.15, 0.2) is 0 Å². The minimum Gasteiger partial charge on any atom is -0.496 e. The van der Waals surface area contributed by atoms with Crippen LogP contribution < -0.4 is 4.74 Å². The molecule has 0 saturated heterocycles. The molecule has 2 aromatic rings. The summed E-state index contributed by atoms with van der Waals surface area (Å²) in [7, 11) is 1.62. The van der Waals surface area contributed by atoms with Crippen LogP contribution in [0.3, 0.4) is 0 Å². The first-order valence-corrected chi connectivity index (χ1v) is 6.58. The second-order valence-electron chi connectivity index (χ2n) is 5.71. The van der Waals surface area contributed by atoms with Crippen LogP contribution in [0, 0.1) is 0 Å². The Morgan fingerprint density at radius 2 is 1.90 bits per heavy atom. The highest BCUT2D eigenvalue weighted by atomic mass is 16.5. The van der Waals surface area contributed by atoms with Gasteiger partial charge in [-0.25, -0.2) is 0 Å². The number of carbonyl (C=O) groups excluding carboxylic acids is 1. The Balaban J connectivity index is 2.43. The Hall–Kier alpha value is -2.16. The maximum atomic E-state index is 12.4. The Bertz CT molecular complexity index is 613. The van der Waals surface area contributed by atoms with E-state index in [2.05, 4.69) is 25.8 Å². The smallest absolute Gasteiger partial charge is 0.211 e. The molecule has 0 N–H and O–H groups in total. The zero-order valence-electron chi connectivity index (χ0n) is 12.3. The number of pyridine rings is 1. The molecule has 1 heterocycles. The zero-order chi connectivity index (χ0) is 14.8. The highest BCUT2D eigenvalue weighted by Gasteiger charge is 2.20. The van der Waals surface area contributed by atoms with Crippen LogP contribution in [-0.2, 0) is 5.41 Å². The lowest BCUT2D eigenvalue weighted by Gasteiger charge is -2.22. The van der Waals surface area contributed by atoms with Gasteiger partial charge in [0, 0.05) is 11.8 Å². The van der Waals surface area contributed by atoms with Gasteiger partial charge in [0.1, 0.15) is 11.4 Å². The molecule has 0 bridgehead atoms. The maximum absolute atomic E-state index is 12.4. The number of benzene rings is 1. The monoisotopic (exact) mass is 269 g/mol. The molecule has 0 fully saturated rings. The topological polar surface area (TPSA) is 39.2 Å². The first-order chi connectivity index (χ1) is 9.43. The third-order valence-corrected chi connectivity index (χ3v) is 3.17. The number of ether oxygens (including phenoxy) is 1. The van der Waals surface area contributed by atoms with Gasteiger partial charge in [-0.1, -0.05) is 39.0 Å². The van der Waals surface area contributed by atoms with Crippen molar-refractivity contribution in [1.82, 2.24) is 4.98 Å². The van der Waals surface area contributed by atoms with Crippen LogP contribution in [0.4, 0.5) is 0 Å². The summed E-state index contributed by atoms with van der Waals surface area (Å²) in [5.74, 6) is 0.642. The van der Waals surface area contributed by atoms with E-state index in [1.54, 1.807) is 37.6 Å². The van der Waals surface area contributed by atoms with E-state index >= 15 is 0 Å². The summed E-state index contributed by atoms with van der Waals surface area (Å²) in [6.45, 7) is 6.35. The fraction of sp³-hybridized carbons (Fsp3) is 0.294. The van der Waals surface area contributed by atoms with Crippen molar-refractivity contribution < 1.29 is 9.53 Å². The van der Waals surface area contributed by atoms with Crippen molar-refractivity contribution in [3.63, 3.8) is 0 Å². The molecule has 0 saturated carbocycles. The van der Waals surface area contributed by atoms with Crippen molar-refractivity contribution in [2.24, 2.45) is 0 Å². The van der Waals surface area contributed by atoms with E-state index in [0.717, 1.165) is 11.3 Å². The first kappa shape index (κ1) is 14.3. The van der Waals surface area contributed by atoms with E-state index in [1.165, 1.54) is 0 Å². The molecule has 0 aliphatic rings. The van der Waals surface area contributed by atoms with Crippen molar-refractivity contribution in [2.75, 3.05) is 7.11 Å². The number of carbonyl (C=O) groups is 1. The average molecular weight is 269 g/mol. The number of methoxy groups -OCH3 is 1. The lowest BCUT2D eigenvalue weighted by Crippen LogP contribution is -2.14. The van der Waals surface area contributed by atoms with Gasteiger partial charge >= 0.3 is 0 Å². The molecule has 1 aromatic carbocycles. The fourth-order valence-corrected chi connectivity index (χ4v) is 2.10. The van der Waals surface area contributed by atoms with Gasteiger partial charge in [-0.3, -0.25) is 9.78 Å². The third kappa shape index (κ3) is 2.87. The van der Waals surface area contributed by atoms with Gasteiger partial charge < -0.3 is 4.74 Å². The van der Waals surface area contributed by atoms with E-state index in [0.29, 0.717) is 11.3 Å². The van der Waals surface area contributed by atoms with E-state index in [-0.39, 0.29) is 11.2 Å². The second kappa shape index (κ2) is 5.45. The molecular weight excluding hydrogens is 250 g/mol. The largest absolute Gasteiger partial charge is 0.496 e. The van der Waals surface area contributed by atoms with Crippen LogP contribution in [0.5, 0.6) is 5.75 Å². The summed E-state index contributed by atoms with van der Waals surface area (Å²) >= 11 is 0. The number of hydrogen-bond donors (Lipinski definition) is 0. The normalized spacial score (nSPS) is 11.2. The highest BCUT2D eigenvalue weighted by Crippen LogP contribution is 2.32. The van der Waals surface area contributed by atoms with Crippen molar-refractivity contribution >= 4 is 5.78 Å². The summed E-state index contributed by atoms with van der Waals surface area (Å²) < 4.78 is 5.43. The standard InChI is InChI=1S/C17H19NO2/c1-17(2,3)13-9-8-12(11-15(13)20-4)16(19)14-7-5-6-10-18-14/h5-11H,1-4H3. The Morgan fingerprint density at radius 1 is 1.15 bits per heavy atom. The number of aromatic nitrogens is 1. The molecule has 0 aliphatic carbocycles. The molecule has 0 radical (unpaired) electrons. The highest BCUT2D eigenvalue weighted by molar-refractivity contribution is 6.07.